The molecule has 0 bridgehead atoms. The summed E-state index contributed by atoms with van der Waals surface area (Å²) in [5, 5.41) is 4.14. The number of methoxy groups -OCH3 is 2. The first-order chi connectivity index (χ1) is 14.5. The Morgan fingerprint density at radius 2 is 1.87 bits per heavy atom. The van der Waals surface area contributed by atoms with Crippen LogP contribution in [0.4, 0.5) is 5.69 Å². The van der Waals surface area contributed by atoms with E-state index in [1.54, 1.807) is 14.2 Å². The average Bonchev–Trinajstić information content (AvgIpc) is 3.24. The third-order valence-corrected chi connectivity index (χ3v) is 6.19. The van der Waals surface area contributed by atoms with Crippen LogP contribution in [0.2, 0.25) is 0 Å². The van der Waals surface area contributed by atoms with E-state index in [2.05, 4.69) is 46.7 Å². The van der Waals surface area contributed by atoms with Gasteiger partial charge in [-0.05, 0) is 62.0 Å². The lowest BCUT2D eigenvalue weighted by Crippen LogP contribution is -2.30. The third-order valence-electron chi connectivity index (χ3n) is 5.88. The quantitative estimate of drug-likeness (QED) is 0.621. The van der Waals surface area contributed by atoms with Crippen molar-refractivity contribution in [1.82, 2.24) is 14.9 Å². The number of nitrogens with one attached hydrogen (secondary N) is 1. The maximum absolute atomic E-state index is 5.82. The van der Waals surface area contributed by atoms with Crippen molar-refractivity contribution in [3.8, 4) is 11.5 Å². The fourth-order valence-electron chi connectivity index (χ4n) is 4.10. The SMILES string of the molecule is COc1ccc(N2C(=S)N[C@@H](c3ccccn3)[C@H]2c2cc(C)n(C)c2C)c(OC)c1. The Morgan fingerprint density at radius 3 is 2.47 bits per heavy atom. The molecule has 7 heteroatoms. The van der Waals surface area contributed by atoms with Crippen LogP contribution in [0.1, 0.15) is 34.7 Å². The molecule has 1 saturated heterocycles. The molecule has 2 aromatic heterocycles. The minimum atomic E-state index is -0.0917. The molecule has 0 amide bonds. The number of rotatable bonds is 5. The van der Waals surface area contributed by atoms with Crippen molar-refractivity contribution in [2.24, 2.45) is 7.05 Å². The van der Waals surface area contributed by atoms with Gasteiger partial charge >= 0.3 is 0 Å². The molecule has 1 aromatic carbocycles. The predicted octanol–water partition coefficient (Wildman–Crippen LogP) is 4.23. The normalized spacial score (nSPS) is 18.4. The zero-order valence-corrected chi connectivity index (χ0v) is 18.7. The molecule has 0 radical (unpaired) electrons. The Labute approximate surface area is 182 Å². The van der Waals surface area contributed by atoms with Gasteiger partial charge in [0.2, 0.25) is 0 Å². The number of thiocarbonyl (C=S) groups is 1. The summed E-state index contributed by atoms with van der Waals surface area (Å²) >= 11 is 5.82. The molecule has 0 unspecified atom stereocenters. The van der Waals surface area contributed by atoms with Gasteiger partial charge in [-0.3, -0.25) is 4.98 Å². The molecule has 156 valence electrons. The van der Waals surface area contributed by atoms with Gasteiger partial charge < -0.3 is 24.3 Å². The van der Waals surface area contributed by atoms with E-state index < -0.39 is 0 Å². The molecular weight excluding hydrogens is 396 g/mol. The highest BCUT2D eigenvalue weighted by atomic mass is 32.1. The van der Waals surface area contributed by atoms with Crippen LogP contribution < -0.4 is 19.7 Å². The maximum Gasteiger partial charge on any atom is 0.174 e. The van der Waals surface area contributed by atoms with Gasteiger partial charge in [-0.15, -0.1) is 0 Å². The van der Waals surface area contributed by atoms with Gasteiger partial charge in [-0.25, -0.2) is 0 Å². The Morgan fingerprint density at radius 1 is 1.07 bits per heavy atom. The highest BCUT2D eigenvalue weighted by Gasteiger charge is 2.43. The largest absolute Gasteiger partial charge is 0.497 e. The maximum atomic E-state index is 5.82. The summed E-state index contributed by atoms with van der Waals surface area (Å²) in [7, 11) is 5.39. The molecule has 0 aliphatic carbocycles. The van der Waals surface area contributed by atoms with Crippen LogP contribution in [-0.2, 0) is 7.05 Å². The summed E-state index contributed by atoms with van der Waals surface area (Å²) in [6, 6.07) is 13.8. The van der Waals surface area contributed by atoms with Gasteiger partial charge in [0.05, 0.1) is 37.7 Å². The number of nitrogens with zero attached hydrogens (tertiary/aromatic N) is 3. The van der Waals surface area contributed by atoms with Crippen LogP contribution in [0.5, 0.6) is 11.5 Å². The monoisotopic (exact) mass is 422 g/mol. The first kappa shape index (κ1) is 20.2. The smallest absolute Gasteiger partial charge is 0.174 e. The molecule has 3 heterocycles. The highest BCUT2D eigenvalue weighted by molar-refractivity contribution is 7.80. The molecule has 1 N–H and O–H groups in total. The van der Waals surface area contributed by atoms with Gasteiger partial charge in [-0.1, -0.05) is 6.07 Å². The summed E-state index contributed by atoms with van der Waals surface area (Å²) in [6.45, 7) is 4.26. The highest BCUT2D eigenvalue weighted by Crippen LogP contribution is 2.46. The number of aryl methyl sites for hydroxylation is 1. The lowest BCUT2D eigenvalue weighted by Gasteiger charge is -2.29. The molecule has 30 heavy (non-hydrogen) atoms. The Balaban J connectivity index is 1.90. The van der Waals surface area contributed by atoms with E-state index >= 15 is 0 Å². The summed E-state index contributed by atoms with van der Waals surface area (Å²) < 4.78 is 13.3. The summed E-state index contributed by atoms with van der Waals surface area (Å²) in [5.74, 6) is 1.44. The van der Waals surface area contributed by atoms with Crippen LogP contribution in [0.25, 0.3) is 0 Å². The Kier molecular flexibility index (Phi) is 5.39. The van der Waals surface area contributed by atoms with E-state index in [0.29, 0.717) is 10.9 Å². The number of benzene rings is 1. The predicted molar refractivity (Wildman–Crippen MR) is 122 cm³/mol. The van der Waals surface area contributed by atoms with E-state index in [4.69, 9.17) is 21.7 Å². The Hall–Kier alpha value is -3.06. The standard InChI is InChI=1S/C23H26N4O2S/c1-14-12-17(15(2)26(14)3)22-21(18-8-6-7-11-24-18)25-23(30)27(22)19-10-9-16(28-4)13-20(19)29-5/h6-13,21-22H,1-5H3,(H,25,30)/t21-,22+/m0/s1. The van der Waals surface area contributed by atoms with Crippen LogP contribution in [0, 0.1) is 13.8 Å². The van der Waals surface area contributed by atoms with E-state index in [1.807, 2.05) is 42.6 Å². The Bertz CT molecular complexity index is 1080. The van der Waals surface area contributed by atoms with Crippen molar-refractivity contribution in [2.75, 3.05) is 19.1 Å². The first-order valence-electron chi connectivity index (χ1n) is 9.81. The molecular formula is C23H26N4O2S. The van der Waals surface area contributed by atoms with Crippen LogP contribution >= 0.6 is 12.2 Å². The van der Waals surface area contributed by atoms with Gasteiger partial charge in [0.1, 0.15) is 11.5 Å². The van der Waals surface area contributed by atoms with Crippen LogP contribution in [-0.4, -0.2) is 28.9 Å². The van der Waals surface area contributed by atoms with Crippen LogP contribution in [0.3, 0.4) is 0 Å². The zero-order chi connectivity index (χ0) is 21.4. The lowest BCUT2D eigenvalue weighted by atomic mass is 9.96. The van der Waals surface area contributed by atoms with E-state index in [1.165, 1.54) is 17.0 Å². The minimum Gasteiger partial charge on any atom is -0.497 e. The summed E-state index contributed by atoms with van der Waals surface area (Å²) in [5.41, 5.74) is 5.43. The van der Waals surface area contributed by atoms with Crippen molar-refractivity contribution < 1.29 is 9.47 Å². The molecule has 0 spiro atoms. The first-order valence-corrected chi connectivity index (χ1v) is 10.2. The third kappa shape index (κ3) is 3.29. The van der Waals surface area contributed by atoms with Crippen LogP contribution in [0.15, 0.2) is 48.7 Å². The van der Waals surface area contributed by atoms with Crippen molar-refractivity contribution >= 4 is 23.0 Å². The van der Waals surface area contributed by atoms with E-state index in [-0.39, 0.29) is 12.1 Å². The van der Waals surface area contributed by atoms with Crippen molar-refractivity contribution in [3.63, 3.8) is 0 Å². The molecule has 4 rings (SSSR count). The van der Waals surface area contributed by atoms with Gasteiger partial charge in [0.15, 0.2) is 5.11 Å². The average molecular weight is 423 g/mol. The molecule has 0 saturated carbocycles. The summed E-state index contributed by atoms with van der Waals surface area (Å²) in [6.07, 6.45) is 1.82. The fourth-order valence-corrected chi connectivity index (χ4v) is 4.44. The zero-order valence-electron chi connectivity index (χ0n) is 17.8. The van der Waals surface area contributed by atoms with E-state index in [0.717, 1.165) is 17.1 Å². The fraction of sp³-hybridized carbons (Fsp3) is 0.304. The number of ether oxygens (including phenoxy) is 2. The number of hydrogen-bond acceptors (Lipinski definition) is 4. The molecule has 1 fully saturated rings. The van der Waals surface area contributed by atoms with Gasteiger partial charge in [0, 0.05) is 30.7 Å². The number of aromatic nitrogens is 2. The number of anilines is 1. The molecule has 6 nitrogen and oxygen atoms in total. The lowest BCUT2D eigenvalue weighted by molar-refractivity contribution is 0.394. The van der Waals surface area contributed by atoms with E-state index in [9.17, 15) is 0 Å². The van der Waals surface area contributed by atoms with Crippen molar-refractivity contribution in [3.05, 3.63) is 71.3 Å². The summed E-state index contributed by atoms with van der Waals surface area (Å²) in [4.78, 5) is 6.75. The molecule has 1 aliphatic rings. The number of pyridine rings is 1. The second-order valence-corrected chi connectivity index (χ2v) is 7.81. The van der Waals surface area contributed by atoms with Gasteiger partial charge in [0.25, 0.3) is 0 Å². The molecule has 3 aromatic rings. The molecule has 2 atom stereocenters. The number of hydrogen-bond donors (Lipinski definition) is 1. The topological polar surface area (TPSA) is 51.5 Å². The molecule has 1 aliphatic heterocycles. The van der Waals surface area contributed by atoms with Crippen molar-refractivity contribution in [1.29, 1.82) is 0 Å². The van der Waals surface area contributed by atoms with Crippen molar-refractivity contribution in [2.45, 2.75) is 25.9 Å². The van der Waals surface area contributed by atoms with Gasteiger partial charge in [-0.2, -0.15) is 0 Å². The second-order valence-electron chi connectivity index (χ2n) is 7.42. The minimum absolute atomic E-state index is 0.0744. The second kappa shape index (κ2) is 7.99.